The SMILES string of the molecule is Nc1cc(F)c(Cl)cc1NCc1cccnn1. The van der Waals surface area contributed by atoms with Gasteiger partial charge < -0.3 is 11.1 Å². The molecule has 0 fully saturated rings. The number of nitrogen functional groups attached to an aromatic ring is 1. The van der Waals surface area contributed by atoms with Crippen LogP contribution in [0.4, 0.5) is 15.8 Å². The molecule has 2 rings (SSSR count). The Balaban J connectivity index is 2.12. The molecule has 17 heavy (non-hydrogen) atoms. The van der Waals surface area contributed by atoms with Gasteiger partial charge in [-0.2, -0.15) is 10.2 Å². The Hall–Kier alpha value is -1.88. The molecule has 6 heteroatoms. The lowest BCUT2D eigenvalue weighted by Gasteiger charge is -2.09. The molecule has 3 N–H and O–H groups in total. The van der Waals surface area contributed by atoms with E-state index in [-0.39, 0.29) is 5.02 Å². The van der Waals surface area contributed by atoms with Crippen molar-refractivity contribution in [1.82, 2.24) is 10.2 Å². The fourth-order valence-electron chi connectivity index (χ4n) is 1.33. The number of rotatable bonds is 3. The first-order valence-electron chi connectivity index (χ1n) is 4.92. The van der Waals surface area contributed by atoms with Crippen LogP contribution in [0.25, 0.3) is 0 Å². The van der Waals surface area contributed by atoms with Crippen LogP contribution < -0.4 is 11.1 Å². The number of nitrogens with one attached hydrogen (secondary N) is 1. The van der Waals surface area contributed by atoms with Gasteiger partial charge in [0.15, 0.2) is 0 Å². The molecular weight excluding hydrogens is 243 g/mol. The smallest absolute Gasteiger partial charge is 0.143 e. The first-order chi connectivity index (χ1) is 8.16. The van der Waals surface area contributed by atoms with Crippen LogP contribution in [0.2, 0.25) is 5.02 Å². The molecule has 4 nitrogen and oxygen atoms in total. The Morgan fingerprint density at radius 3 is 2.94 bits per heavy atom. The molecule has 0 spiro atoms. The number of aromatic nitrogens is 2. The summed E-state index contributed by atoms with van der Waals surface area (Å²) in [6.07, 6.45) is 1.59. The topological polar surface area (TPSA) is 63.8 Å². The van der Waals surface area contributed by atoms with Crippen molar-refractivity contribution in [1.29, 1.82) is 0 Å². The van der Waals surface area contributed by atoms with Gasteiger partial charge in [0.1, 0.15) is 5.82 Å². The van der Waals surface area contributed by atoms with Crippen molar-refractivity contribution in [3.05, 3.63) is 47.0 Å². The largest absolute Gasteiger partial charge is 0.397 e. The maximum absolute atomic E-state index is 13.1. The van der Waals surface area contributed by atoms with Crippen molar-refractivity contribution in [3.63, 3.8) is 0 Å². The number of nitrogens with zero attached hydrogens (tertiary/aromatic N) is 2. The van der Waals surface area contributed by atoms with Crippen LogP contribution >= 0.6 is 11.6 Å². The number of nitrogens with two attached hydrogens (primary N) is 1. The highest BCUT2D eigenvalue weighted by Gasteiger charge is 2.06. The molecule has 0 aliphatic rings. The highest BCUT2D eigenvalue weighted by molar-refractivity contribution is 6.31. The van der Waals surface area contributed by atoms with Crippen LogP contribution in [-0.2, 0) is 6.54 Å². The summed E-state index contributed by atoms with van der Waals surface area (Å²) in [6.45, 7) is 0.444. The van der Waals surface area contributed by atoms with Crippen LogP contribution in [0.3, 0.4) is 0 Å². The summed E-state index contributed by atoms with van der Waals surface area (Å²) >= 11 is 5.67. The molecule has 0 saturated carbocycles. The summed E-state index contributed by atoms with van der Waals surface area (Å²) in [4.78, 5) is 0. The fourth-order valence-corrected chi connectivity index (χ4v) is 1.49. The van der Waals surface area contributed by atoms with Crippen LogP contribution in [0.15, 0.2) is 30.5 Å². The van der Waals surface area contributed by atoms with Gasteiger partial charge in [0.25, 0.3) is 0 Å². The Bertz CT molecular complexity index is 518. The summed E-state index contributed by atoms with van der Waals surface area (Å²) in [5, 5.41) is 10.7. The maximum Gasteiger partial charge on any atom is 0.143 e. The van der Waals surface area contributed by atoms with E-state index in [0.29, 0.717) is 17.9 Å². The van der Waals surface area contributed by atoms with Gasteiger partial charge >= 0.3 is 0 Å². The molecule has 0 aliphatic carbocycles. The number of anilines is 2. The van der Waals surface area contributed by atoms with E-state index >= 15 is 0 Å². The van der Waals surface area contributed by atoms with Crippen molar-refractivity contribution in [2.45, 2.75) is 6.54 Å². The highest BCUT2D eigenvalue weighted by atomic mass is 35.5. The Morgan fingerprint density at radius 2 is 2.24 bits per heavy atom. The van der Waals surface area contributed by atoms with E-state index in [1.807, 2.05) is 6.07 Å². The molecule has 0 radical (unpaired) electrons. The first kappa shape index (κ1) is 11.6. The summed E-state index contributed by atoms with van der Waals surface area (Å²) < 4.78 is 13.1. The molecule has 2 aromatic rings. The lowest BCUT2D eigenvalue weighted by Crippen LogP contribution is -2.05. The van der Waals surface area contributed by atoms with Gasteiger partial charge in [-0.25, -0.2) is 4.39 Å². The van der Waals surface area contributed by atoms with E-state index in [1.54, 1.807) is 12.3 Å². The van der Waals surface area contributed by atoms with Gasteiger partial charge in [-0.1, -0.05) is 11.6 Å². The number of hydrogen-bond acceptors (Lipinski definition) is 4. The van der Waals surface area contributed by atoms with E-state index < -0.39 is 5.82 Å². The standard InChI is InChI=1S/C11H10ClFN4/c12-8-4-11(10(14)5-9(8)13)15-6-7-2-1-3-16-17-7/h1-5,15H,6,14H2. The quantitative estimate of drug-likeness (QED) is 0.824. The minimum absolute atomic E-state index is 0.0286. The fraction of sp³-hybridized carbons (Fsp3) is 0.0909. The predicted molar refractivity (Wildman–Crippen MR) is 65.2 cm³/mol. The second-order valence-electron chi connectivity index (χ2n) is 3.42. The molecule has 88 valence electrons. The van der Waals surface area contributed by atoms with E-state index in [0.717, 1.165) is 5.69 Å². The van der Waals surface area contributed by atoms with Crippen LogP contribution in [0.1, 0.15) is 5.69 Å². The van der Waals surface area contributed by atoms with E-state index in [1.165, 1.54) is 12.1 Å². The third-order valence-electron chi connectivity index (χ3n) is 2.18. The van der Waals surface area contributed by atoms with E-state index in [4.69, 9.17) is 17.3 Å². The maximum atomic E-state index is 13.1. The summed E-state index contributed by atoms with van der Waals surface area (Å²) in [5.41, 5.74) is 7.29. The molecule has 0 bridgehead atoms. The predicted octanol–water partition coefficient (Wildman–Crippen LogP) is 2.46. The molecule has 0 amide bonds. The Kier molecular flexibility index (Phi) is 3.39. The van der Waals surface area contributed by atoms with Gasteiger partial charge in [0.2, 0.25) is 0 Å². The van der Waals surface area contributed by atoms with Crippen molar-refractivity contribution in [3.8, 4) is 0 Å². The van der Waals surface area contributed by atoms with E-state index in [2.05, 4.69) is 15.5 Å². The summed E-state index contributed by atoms with van der Waals surface area (Å²) in [7, 11) is 0. The zero-order valence-corrected chi connectivity index (χ0v) is 9.58. The molecular formula is C11H10ClFN4. The minimum atomic E-state index is -0.533. The molecule has 1 heterocycles. The Morgan fingerprint density at radius 1 is 1.41 bits per heavy atom. The molecule has 0 aliphatic heterocycles. The van der Waals surface area contributed by atoms with Gasteiger partial charge in [-0.15, -0.1) is 0 Å². The number of halogens is 2. The van der Waals surface area contributed by atoms with Crippen molar-refractivity contribution in [2.24, 2.45) is 0 Å². The van der Waals surface area contributed by atoms with Crippen molar-refractivity contribution < 1.29 is 4.39 Å². The zero-order valence-electron chi connectivity index (χ0n) is 8.82. The van der Waals surface area contributed by atoms with Crippen LogP contribution in [-0.4, -0.2) is 10.2 Å². The molecule has 0 unspecified atom stereocenters. The van der Waals surface area contributed by atoms with Gasteiger partial charge in [-0.3, -0.25) is 0 Å². The van der Waals surface area contributed by atoms with Crippen molar-refractivity contribution in [2.75, 3.05) is 11.1 Å². The normalized spacial score (nSPS) is 10.2. The molecule has 0 atom stereocenters. The molecule has 1 aromatic heterocycles. The van der Waals surface area contributed by atoms with Gasteiger partial charge in [0, 0.05) is 12.3 Å². The van der Waals surface area contributed by atoms with Crippen LogP contribution in [0, 0.1) is 5.82 Å². The van der Waals surface area contributed by atoms with E-state index in [9.17, 15) is 4.39 Å². The zero-order chi connectivity index (χ0) is 12.3. The Labute approximate surface area is 103 Å². The number of hydrogen-bond donors (Lipinski definition) is 2. The average Bonchev–Trinajstić information content (AvgIpc) is 2.33. The number of benzene rings is 1. The lowest BCUT2D eigenvalue weighted by molar-refractivity contribution is 0.629. The van der Waals surface area contributed by atoms with Gasteiger partial charge in [-0.05, 0) is 18.2 Å². The summed E-state index contributed by atoms with van der Waals surface area (Å²) in [6, 6.07) is 6.23. The highest BCUT2D eigenvalue weighted by Crippen LogP contribution is 2.26. The third-order valence-corrected chi connectivity index (χ3v) is 2.47. The monoisotopic (exact) mass is 252 g/mol. The second-order valence-corrected chi connectivity index (χ2v) is 3.83. The molecule has 0 saturated heterocycles. The third kappa shape index (κ3) is 2.82. The van der Waals surface area contributed by atoms with Gasteiger partial charge in [0.05, 0.1) is 28.6 Å². The second kappa shape index (κ2) is 4.97. The first-order valence-corrected chi connectivity index (χ1v) is 5.29. The lowest BCUT2D eigenvalue weighted by atomic mass is 10.2. The van der Waals surface area contributed by atoms with Crippen molar-refractivity contribution >= 4 is 23.0 Å². The van der Waals surface area contributed by atoms with Crippen LogP contribution in [0.5, 0.6) is 0 Å². The minimum Gasteiger partial charge on any atom is -0.397 e. The molecule has 1 aromatic carbocycles. The summed E-state index contributed by atoms with van der Waals surface area (Å²) in [5.74, 6) is -0.533. The average molecular weight is 253 g/mol.